The van der Waals surface area contributed by atoms with Crippen molar-refractivity contribution in [2.75, 3.05) is 13.1 Å². The first-order valence-corrected chi connectivity index (χ1v) is 15.0. The van der Waals surface area contributed by atoms with Crippen LogP contribution in [0.3, 0.4) is 0 Å². The highest BCUT2D eigenvalue weighted by Crippen LogP contribution is 2.21. The van der Waals surface area contributed by atoms with Crippen molar-refractivity contribution in [3.05, 3.63) is 93.9 Å². The Bertz CT molecular complexity index is 1600. The van der Waals surface area contributed by atoms with Crippen LogP contribution in [0.15, 0.2) is 73.1 Å². The topological polar surface area (TPSA) is 142 Å². The fraction of sp³-hybridized carbons (Fsp3) is 0.312. The molecule has 0 unspecified atom stereocenters. The molecule has 0 aliphatic heterocycles. The molecule has 2 atom stereocenters. The summed E-state index contributed by atoms with van der Waals surface area (Å²) in [5, 5.41) is 8.07. The molecule has 0 aliphatic rings. The van der Waals surface area contributed by atoms with Gasteiger partial charge in [-0.05, 0) is 74.0 Å². The molecule has 3 aromatic heterocycles. The van der Waals surface area contributed by atoms with Crippen LogP contribution in [0.4, 0.5) is 0 Å². The molecule has 8 nitrogen and oxygen atoms in total. The van der Waals surface area contributed by atoms with Crippen LogP contribution in [-0.4, -0.2) is 47.0 Å². The van der Waals surface area contributed by atoms with E-state index >= 15 is 0 Å². The summed E-state index contributed by atoms with van der Waals surface area (Å²) in [5.41, 5.74) is 15.9. The highest BCUT2D eigenvalue weighted by molar-refractivity contribution is 7.12. The summed E-state index contributed by atoms with van der Waals surface area (Å²) in [6, 6.07) is 18.6. The number of nitrogens with two attached hydrogens (primary N) is 2. The molecule has 0 radical (unpaired) electrons. The minimum Gasteiger partial charge on any atom is -0.361 e. The highest BCUT2D eigenvalue weighted by atomic mass is 32.1. The van der Waals surface area contributed by atoms with E-state index in [1.165, 1.54) is 9.75 Å². The van der Waals surface area contributed by atoms with Crippen LogP contribution >= 0.6 is 11.3 Å². The minimum absolute atomic E-state index is 0.220. The second-order valence-electron chi connectivity index (χ2n) is 10.4. The lowest BCUT2D eigenvalue weighted by atomic mass is 10.0. The van der Waals surface area contributed by atoms with E-state index in [1.807, 2.05) is 60.9 Å². The molecule has 0 bridgehead atoms. The molecule has 9 heteroatoms. The molecule has 41 heavy (non-hydrogen) atoms. The number of aromatic amines is 2. The van der Waals surface area contributed by atoms with Crippen molar-refractivity contribution in [3.63, 3.8) is 0 Å². The van der Waals surface area contributed by atoms with Crippen LogP contribution in [-0.2, 0) is 35.3 Å². The summed E-state index contributed by atoms with van der Waals surface area (Å²) in [7, 11) is 0. The van der Waals surface area contributed by atoms with Gasteiger partial charge < -0.3 is 32.1 Å². The molecular weight excluding hydrogens is 532 g/mol. The summed E-state index contributed by atoms with van der Waals surface area (Å²) in [6.07, 6.45) is 8.40. The van der Waals surface area contributed by atoms with Crippen molar-refractivity contribution in [1.82, 2.24) is 20.6 Å². The van der Waals surface area contributed by atoms with Crippen LogP contribution in [0.5, 0.6) is 0 Å². The average molecular weight is 571 g/mol. The van der Waals surface area contributed by atoms with Gasteiger partial charge in [0.05, 0.1) is 6.04 Å². The Kier molecular flexibility index (Phi) is 9.51. The van der Waals surface area contributed by atoms with Crippen LogP contribution in [0.1, 0.15) is 33.7 Å². The third-order valence-corrected chi connectivity index (χ3v) is 8.65. The Labute approximate surface area is 243 Å². The van der Waals surface area contributed by atoms with E-state index < -0.39 is 12.1 Å². The number of carbonyl (C=O) groups is 2. The molecule has 5 rings (SSSR count). The van der Waals surface area contributed by atoms with Gasteiger partial charge in [-0.1, -0.05) is 36.4 Å². The average Bonchev–Trinajstić information content (AvgIpc) is 3.72. The number of unbranched alkanes of at least 4 members (excludes halogenated alkanes) is 1. The number of rotatable bonds is 14. The van der Waals surface area contributed by atoms with Gasteiger partial charge in [0.15, 0.2) is 0 Å². The number of nitrogens with one attached hydrogen (secondary N) is 4. The SMILES string of the molecule is NCCCCc1ccc(CCNC(=O)[C@H](Cc2c[nH]c3ccccc23)NC(=O)[C@@H](N)Cc2c[nH]c3ccccc23)s1. The fourth-order valence-corrected chi connectivity index (χ4v) is 6.26. The molecule has 8 N–H and O–H groups in total. The van der Waals surface area contributed by atoms with Crippen molar-refractivity contribution in [2.24, 2.45) is 11.5 Å². The van der Waals surface area contributed by atoms with Crippen LogP contribution in [0, 0.1) is 0 Å². The van der Waals surface area contributed by atoms with Gasteiger partial charge in [0.2, 0.25) is 11.8 Å². The smallest absolute Gasteiger partial charge is 0.242 e. The van der Waals surface area contributed by atoms with E-state index in [4.69, 9.17) is 11.5 Å². The maximum atomic E-state index is 13.4. The van der Waals surface area contributed by atoms with Crippen molar-refractivity contribution >= 4 is 45.0 Å². The Morgan fingerprint density at radius 3 is 2.05 bits per heavy atom. The quantitative estimate of drug-likeness (QED) is 0.112. The second kappa shape index (κ2) is 13.6. The summed E-state index contributed by atoms with van der Waals surface area (Å²) in [5.74, 6) is -0.571. The number of aryl methyl sites for hydroxylation is 1. The Balaban J connectivity index is 1.24. The molecule has 0 fully saturated rings. The van der Waals surface area contributed by atoms with Crippen LogP contribution in [0.2, 0.25) is 0 Å². The van der Waals surface area contributed by atoms with Gasteiger partial charge in [-0.2, -0.15) is 0 Å². The number of thiophene rings is 1. The molecular formula is C32H38N6O2S. The van der Waals surface area contributed by atoms with E-state index in [1.54, 1.807) is 11.3 Å². The van der Waals surface area contributed by atoms with Gasteiger partial charge >= 0.3 is 0 Å². The van der Waals surface area contributed by atoms with E-state index in [2.05, 4.69) is 32.7 Å². The third kappa shape index (κ3) is 7.24. The summed E-state index contributed by atoms with van der Waals surface area (Å²) in [4.78, 5) is 35.8. The number of fused-ring (bicyclic) bond motifs is 2. The number of amides is 2. The van der Waals surface area contributed by atoms with E-state index in [-0.39, 0.29) is 11.8 Å². The lowest BCUT2D eigenvalue weighted by Crippen LogP contribution is -2.53. The predicted octanol–water partition coefficient (Wildman–Crippen LogP) is 3.95. The molecule has 0 saturated carbocycles. The fourth-order valence-electron chi connectivity index (χ4n) is 5.21. The van der Waals surface area contributed by atoms with Gasteiger partial charge in [-0.25, -0.2) is 0 Å². The van der Waals surface area contributed by atoms with Gasteiger partial charge in [-0.15, -0.1) is 11.3 Å². The number of benzene rings is 2. The number of carbonyl (C=O) groups excluding carboxylic acids is 2. The number of aromatic nitrogens is 2. The minimum atomic E-state index is -0.795. The van der Waals surface area contributed by atoms with Crippen molar-refractivity contribution in [3.8, 4) is 0 Å². The second-order valence-corrected chi connectivity index (χ2v) is 11.7. The molecule has 214 valence electrons. The van der Waals surface area contributed by atoms with E-state index in [0.29, 0.717) is 25.9 Å². The molecule has 2 aromatic carbocycles. The maximum absolute atomic E-state index is 13.4. The molecule has 0 aliphatic carbocycles. The zero-order valence-electron chi connectivity index (χ0n) is 23.1. The molecule has 3 heterocycles. The number of hydrogen-bond donors (Lipinski definition) is 6. The first-order valence-electron chi connectivity index (χ1n) is 14.2. The Morgan fingerprint density at radius 2 is 1.39 bits per heavy atom. The van der Waals surface area contributed by atoms with Gasteiger partial charge in [0, 0.05) is 56.9 Å². The molecule has 0 saturated heterocycles. The molecule has 0 spiro atoms. The van der Waals surface area contributed by atoms with E-state index in [9.17, 15) is 9.59 Å². The van der Waals surface area contributed by atoms with Crippen molar-refractivity contribution in [1.29, 1.82) is 0 Å². The van der Waals surface area contributed by atoms with Crippen molar-refractivity contribution < 1.29 is 9.59 Å². The standard InChI is InChI=1S/C32H38N6O2S/c33-15-6-5-7-23-12-13-24(41-23)14-16-35-32(40)30(18-22-20-37-29-11-4-2-9-26(22)29)38-31(39)27(34)17-21-19-36-28-10-3-1-8-25(21)28/h1-4,8-13,19-20,27,30,36-37H,5-7,14-18,33-34H2,(H,35,40)(H,38,39)/t27-,30-/m0/s1. The van der Waals surface area contributed by atoms with E-state index in [0.717, 1.165) is 58.6 Å². The third-order valence-electron chi connectivity index (χ3n) is 7.45. The largest absolute Gasteiger partial charge is 0.361 e. The summed E-state index contributed by atoms with van der Waals surface area (Å²) in [6.45, 7) is 1.21. The predicted molar refractivity (Wildman–Crippen MR) is 167 cm³/mol. The summed E-state index contributed by atoms with van der Waals surface area (Å²) >= 11 is 1.78. The highest BCUT2D eigenvalue weighted by Gasteiger charge is 2.25. The maximum Gasteiger partial charge on any atom is 0.242 e. The lowest BCUT2D eigenvalue weighted by Gasteiger charge is -2.21. The van der Waals surface area contributed by atoms with Gasteiger partial charge in [-0.3, -0.25) is 9.59 Å². The lowest BCUT2D eigenvalue weighted by molar-refractivity contribution is -0.129. The van der Waals surface area contributed by atoms with Crippen LogP contribution < -0.4 is 22.1 Å². The first kappa shape index (κ1) is 28.6. The first-order chi connectivity index (χ1) is 20.0. The molecule has 5 aromatic rings. The Morgan fingerprint density at radius 1 is 0.780 bits per heavy atom. The summed E-state index contributed by atoms with van der Waals surface area (Å²) < 4.78 is 0. The number of para-hydroxylation sites is 2. The Hall–Kier alpha value is -3.92. The van der Waals surface area contributed by atoms with Crippen molar-refractivity contribution in [2.45, 2.75) is 50.6 Å². The zero-order chi connectivity index (χ0) is 28.6. The van der Waals surface area contributed by atoms with Gasteiger partial charge in [0.1, 0.15) is 6.04 Å². The molecule has 2 amide bonds. The van der Waals surface area contributed by atoms with Crippen LogP contribution in [0.25, 0.3) is 21.8 Å². The zero-order valence-corrected chi connectivity index (χ0v) is 23.9. The number of hydrogen-bond acceptors (Lipinski definition) is 5. The normalized spacial score (nSPS) is 12.9. The van der Waals surface area contributed by atoms with Gasteiger partial charge in [0.25, 0.3) is 0 Å². The monoisotopic (exact) mass is 570 g/mol. The number of H-pyrrole nitrogens is 2.